The van der Waals surface area contributed by atoms with Crippen LogP contribution in [0.1, 0.15) is 22.2 Å². The summed E-state index contributed by atoms with van der Waals surface area (Å²) >= 11 is 0. The molecule has 1 aromatic carbocycles. The molecule has 0 saturated heterocycles. The molecule has 2 rings (SSSR count). The number of hydrogen-bond donors (Lipinski definition) is 1. The average Bonchev–Trinajstić information content (AvgIpc) is 2.96. The highest BCUT2D eigenvalue weighted by atomic mass is 19.2. The predicted molar refractivity (Wildman–Crippen MR) is 67.1 cm³/mol. The van der Waals surface area contributed by atoms with E-state index in [-0.39, 0.29) is 12.1 Å². The number of furan rings is 1. The number of methoxy groups -OCH3 is 1. The molecule has 0 fully saturated rings. The van der Waals surface area contributed by atoms with E-state index in [0.717, 1.165) is 12.1 Å². The van der Waals surface area contributed by atoms with E-state index in [1.807, 2.05) is 0 Å². The molecule has 0 radical (unpaired) electrons. The molecular weight excluding hydrogens is 268 g/mol. The fraction of sp³-hybridized carbons (Fsp3) is 0.214. The van der Waals surface area contributed by atoms with Crippen LogP contribution in [-0.4, -0.2) is 19.6 Å². The van der Waals surface area contributed by atoms with Gasteiger partial charge in [0.1, 0.15) is 11.9 Å². The van der Waals surface area contributed by atoms with Gasteiger partial charge >= 0.3 is 0 Å². The van der Waals surface area contributed by atoms with Crippen molar-refractivity contribution >= 4 is 5.91 Å². The summed E-state index contributed by atoms with van der Waals surface area (Å²) in [5, 5.41) is 2.57. The van der Waals surface area contributed by atoms with Gasteiger partial charge in [-0.05, 0) is 30.3 Å². The van der Waals surface area contributed by atoms with Crippen LogP contribution in [0.5, 0.6) is 0 Å². The quantitative estimate of drug-likeness (QED) is 0.916. The Kier molecular flexibility index (Phi) is 4.47. The zero-order valence-electron chi connectivity index (χ0n) is 10.7. The molecule has 0 aliphatic heterocycles. The number of hydrogen-bond acceptors (Lipinski definition) is 3. The Morgan fingerprint density at radius 2 is 2.15 bits per heavy atom. The van der Waals surface area contributed by atoms with E-state index in [0.29, 0.717) is 5.76 Å². The van der Waals surface area contributed by atoms with E-state index in [1.165, 1.54) is 19.4 Å². The zero-order chi connectivity index (χ0) is 14.5. The number of halogens is 2. The standard InChI is InChI=1S/C14H13F2NO3/c1-19-13(12-3-2-6-20-12)8-17-14(18)9-4-5-10(15)11(16)7-9/h2-7,13H,8H2,1H3,(H,17,18). The van der Waals surface area contributed by atoms with Crippen molar-refractivity contribution in [2.75, 3.05) is 13.7 Å². The van der Waals surface area contributed by atoms with Crippen LogP contribution in [0.15, 0.2) is 41.0 Å². The smallest absolute Gasteiger partial charge is 0.251 e. The van der Waals surface area contributed by atoms with E-state index in [2.05, 4.69) is 5.32 Å². The van der Waals surface area contributed by atoms with Crippen LogP contribution in [0.25, 0.3) is 0 Å². The second kappa shape index (κ2) is 6.29. The van der Waals surface area contributed by atoms with Crippen molar-refractivity contribution in [2.24, 2.45) is 0 Å². The molecule has 1 amide bonds. The minimum Gasteiger partial charge on any atom is -0.467 e. The molecule has 4 nitrogen and oxygen atoms in total. The summed E-state index contributed by atoms with van der Waals surface area (Å²) in [6.07, 6.45) is 1.05. The van der Waals surface area contributed by atoms with Crippen molar-refractivity contribution in [3.8, 4) is 0 Å². The molecule has 0 saturated carbocycles. The lowest BCUT2D eigenvalue weighted by Crippen LogP contribution is -2.29. The molecule has 1 N–H and O–H groups in total. The number of amides is 1. The Bertz CT molecular complexity index is 584. The zero-order valence-corrected chi connectivity index (χ0v) is 10.7. The van der Waals surface area contributed by atoms with Gasteiger partial charge in [0.2, 0.25) is 0 Å². The van der Waals surface area contributed by atoms with Gasteiger partial charge in [0.15, 0.2) is 11.6 Å². The van der Waals surface area contributed by atoms with Crippen molar-refractivity contribution in [3.63, 3.8) is 0 Å². The lowest BCUT2D eigenvalue weighted by atomic mass is 10.2. The fourth-order valence-corrected chi connectivity index (χ4v) is 1.70. The SMILES string of the molecule is COC(CNC(=O)c1ccc(F)c(F)c1)c1ccco1. The molecule has 2 aromatic rings. The number of carbonyl (C=O) groups is 1. The molecule has 1 aromatic heterocycles. The first-order valence-corrected chi connectivity index (χ1v) is 5.91. The maximum atomic E-state index is 13.0. The summed E-state index contributed by atoms with van der Waals surface area (Å²) < 4.78 is 36.2. The Hall–Kier alpha value is -2.21. The molecule has 0 bridgehead atoms. The molecule has 1 heterocycles. The van der Waals surface area contributed by atoms with Crippen LogP contribution in [0.3, 0.4) is 0 Å². The summed E-state index contributed by atoms with van der Waals surface area (Å²) in [6, 6.07) is 6.39. The molecule has 0 aliphatic carbocycles. The van der Waals surface area contributed by atoms with Crippen molar-refractivity contribution < 1.29 is 22.7 Å². The molecule has 20 heavy (non-hydrogen) atoms. The second-order valence-corrected chi connectivity index (χ2v) is 4.08. The molecule has 1 unspecified atom stereocenters. The van der Waals surface area contributed by atoms with E-state index in [1.54, 1.807) is 12.1 Å². The third kappa shape index (κ3) is 3.21. The minimum absolute atomic E-state index is 0.0400. The van der Waals surface area contributed by atoms with Crippen LogP contribution in [0, 0.1) is 11.6 Å². The Labute approximate surface area is 114 Å². The summed E-state index contributed by atoms with van der Waals surface area (Å²) in [5.41, 5.74) is 0.0400. The van der Waals surface area contributed by atoms with Gasteiger partial charge in [0.05, 0.1) is 12.8 Å². The summed E-state index contributed by atoms with van der Waals surface area (Å²) in [7, 11) is 1.48. The monoisotopic (exact) mass is 281 g/mol. The van der Waals surface area contributed by atoms with E-state index >= 15 is 0 Å². The van der Waals surface area contributed by atoms with Gasteiger partial charge in [-0.2, -0.15) is 0 Å². The highest BCUT2D eigenvalue weighted by molar-refractivity contribution is 5.94. The largest absolute Gasteiger partial charge is 0.467 e. The molecule has 0 spiro atoms. The van der Waals surface area contributed by atoms with Crippen LogP contribution in [0.4, 0.5) is 8.78 Å². The third-order valence-corrected chi connectivity index (χ3v) is 2.77. The van der Waals surface area contributed by atoms with Crippen LogP contribution in [0.2, 0.25) is 0 Å². The lowest BCUT2D eigenvalue weighted by Gasteiger charge is -2.13. The topological polar surface area (TPSA) is 51.5 Å². The normalized spacial score (nSPS) is 12.2. The first-order chi connectivity index (χ1) is 9.61. The lowest BCUT2D eigenvalue weighted by molar-refractivity contribution is 0.0738. The molecule has 0 aliphatic rings. The Morgan fingerprint density at radius 1 is 1.35 bits per heavy atom. The van der Waals surface area contributed by atoms with Gasteiger partial charge in [-0.3, -0.25) is 4.79 Å². The minimum atomic E-state index is -1.06. The van der Waals surface area contributed by atoms with Gasteiger partial charge in [0, 0.05) is 12.7 Å². The van der Waals surface area contributed by atoms with Crippen LogP contribution >= 0.6 is 0 Å². The Balaban J connectivity index is 1.99. The van der Waals surface area contributed by atoms with Crippen LogP contribution < -0.4 is 5.32 Å². The number of rotatable bonds is 5. The number of benzene rings is 1. The Morgan fingerprint density at radius 3 is 2.75 bits per heavy atom. The number of nitrogens with one attached hydrogen (secondary N) is 1. The van der Waals surface area contributed by atoms with Gasteiger partial charge < -0.3 is 14.5 Å². The van der Waals surface area contributed by atoms with Gasteiger partial charge in [-0.15, -0.1) is 0 Å². The maximum Gasteiger partial charge on any atom is 0.251 e. The van der Waals surface area contributed by atoms with E-state index in [4.69, 9.17) is 9.15 Å². The van der Waals surface area contributed by atoms with E-state index in [9.17, 15) is 13.6 Å². The van der Waals surface area contributed by atoms with Crippen molar-refractivity contribution in [1.29, 1.82) is 0 Å². The highest BCUT2D eigenvalue weighted by Crippen LogP contribution is 2.16. The van der Waals surface area contributed by atoms with Gasteiger partial charge in [0.25, 0.3) is 5.91 Å². The first-order valence-electron chi connectivity index (χ1n) is 5.91. The number of carbonyl (C=O) groups excluding carboxylic acids is 1. The number of ether oxygens (including phenoxy) is 1. The first kappa shape index (κ1) is 14.2. The molecular formula is C14H13F2NO3. The summed E-state index contributed by atoms with van der Waals surface area (Å²) in [5.74, 6) is -2.01. The maximum absolute atomic E-state index is 13.0. The predicted octanol–water partition coefficient (Wildman–Crippen LogP) is 2.68. The molecule has 106 valence electrons. The van der Waals surface area contributed by atoms with Crippen molar-refractivity contribution in [1.82, 2.24) is 5.32 Å². The van der Waals surface area contributed by atoms with Crippen molar-refractivity contribution in [3.05, 3.63) is 59.6 Å². The fourth-order valence-electron chi connectivity index (χ4n) is 1.70. The van der Waals surface area contributed by atoms with Gasteiger partial charge in [-0.1, -0.05) is 0 Å². The highest BCUT2D eigenvalue weighted by Gasteiger charge is 2.16. The summed E-state index contributed by atoms with van der Waals surface area (Å²) in [6.45, 7) is 0.155. The molecule has 1 atom stereocenters. The van der Waals surface area contributed by atoms with Crippen molar-refractivity contribution in [2.45, 2.75) is 6.10 Å². The van der Waals surface area contributed by atoms with E-state index < -0.39 is 23.6 Å². The second-order valence-electron chi connectivity index (χ2n) is 4.08. The average molecular weight is 281 g/mol. The van der Waals surface area contributed by atoms with Gasteiger partial charge in [-0.25, -0.2) is 8.78 Å². The third-order valence-electron chi connectivity index (χ3n) is 2.77. The van der Waals surface area contributed by atoms with Crippen LogP contribution in [-0.2, 0) is 4.74 Å². The summed E-state index contributed by atoms with van der Waals surface area (Å²) in [4.78, 5) is 11.8. The molecule has 6 heteroatoms.